The van der Waals surface area contributed by atoms with Gasteiger partial charge in [-0.2, -0.15) is 0 Å². The summed E-state index contributed by atoms with van der Waals surface area (Å²) in [7, 11) is 1.80. The molecule has 0 aromatic carbocycles. The van der Waals surface area contributed by atoms with Crippen LogP contribution in [0.1, 0.15) is 116 Å². The molecule has 0 aromatic rings. The minimum Gasteiger partial charge on any atom is -0.393 e. The third-order valence-corrected chi connectivity index (χ3v) is 10.5. The van der Waals surface area contributed by atoms with Crippen molar-refractivity contribution in [2.45, 2.75) is 122 Å². The Labute approximate surface area is 197 Å². The van der Waals surface area contributed by atoms with Crippen LogP contribution in [0, 0.1) is 40.9 Å². The van der Waals surface area contributed by atoms with E-state index in [1.165, 1.54) is 77.0 Å². The zero-order chi connectivity index (χ0) is 22.6. The molecule has 7 atom stereocenters. The largest absolute Gasteiger partial charge is 0.393 e. The fourth-order valence-corrected chi connectivity index (χ4v) is 8.74. The molecule has 0 aliphatic heterocycles. The van der Waals surface area contributed by atoms with Crippen LogP contribution in [0.15, 0.2) is 0 Å². The summed E-state index contributed by atoms with van der Waals surface area (Å²) >= 11 is 0. The zero-order valence-electron chi connectivity index (χ0n) is 21.0. The predicted molar refractivity (Wildman–Crippen MR) is 130 cm³/mol. The maximum absolute atomic E-state index is 13.6. The smallest absolute Gasteiger partial charge is 0.136 e. The Morgan fingerprint density at radius 1 is 0.875 bits per heavy atom. The molecular weight excluding hydrogens is 396 g/mol. The maximum Gasteiger partial charge on any atom is 0.136 e. The zero-order valence-corrected chi connectivity index (χ0v) is 21.0. The number of ketones is 1. The molecule has 0 radical (unpaired) electrons. The lowest BCUT2D eigenvalue weighted by Crippen LogP contribution is -2.44. The van der Waals surface area contributed by atoms with Crippen LogP contribution in [0.2, 0.25) is 0 Å². The number of methoxy groups -OCH3 is 1. The van der Waals surface area contributed by atoms with Gasteiger partial charge < -0.3 is 9.84 Å². The number of fused-ring (bicyclic) bond motifs is 3. The third-order valence-electron chi connectivity index (χ3n) is 10.5. The first kappa shape index (κ1) is 24.7. The van der Waals surface area contributed by atoms with Crippen LogP contribution < -0.4 is 0 Å². The minimum atomic E-state index is -0.155. The highest BCUT2D eigenvalue weighted by atomic mass is 16.5. The van der Waals surface area contributed by atoms with Gasteiger partial charge in [-0.3, -0.25) is 4.79 Å². The molecule has 1 N–H and O–H groups in total. The molecule has 0 bridgehead atoms. The number of aliphatic hydroxyl groups is 1. The second kappa shape index (κ2) is 11.3. The van der Waals surface area contributed by atoms with Crippen molar-refractivity contribution in [1.29, 1.82) is 0 Å². The van der Waals surface area contributed by atoms with Crippen LogP contribution in [-0.4, -0.2) is 30.7 Å². The summed E-state index contributed by atoms with van der Waals surface area (Å²) in [6.07, 6.45) is 20.4. The van der Waals surface area contributed by atoms with Gasteiger partial charge in [-0.05, 0) is 86.4 Å². The van der Waals surface area contributed by atoms with E-state index in [-0.39, 0.29) is 11.5 Å². The highest BCUT2D eigenvalue weighted by Crippen LogP contribution is 2.61. The summed E-state index contributed by atoms with van der Waals surface area (Å²) in [6.45, 7) is 3.28. The Morgan fingerprint density at radius 2 is 1.66 bits per heavy atom. The van der Waals surface area contributed by atoms with Gasteiger partial charge in [0.1, 0.15) is 5.78 Å². The van der Waals surface area contributed by atoms with Crippen LogP contribution in [0.3, 0.4) is 0 Å². The van der Waals surface area contributed by atoms with E-state index >= 15 is 0 Å². The molecule has 32 heavy (non-hydrogen) atoms. The molecule has 0 spiro atoms. The van der Waals surface area contributed by atoms with E-state index in [0.29, 0.717) is 23.5 Å². The molecule has 4 fully saturated rings. The standard InChI is InChI=1S/C29H50O3/c1-29-17-16-23-10-7-11-24(30)18-22(20-32-2)12-13-25(23)26(29)14-15-27(29)28(31)19-21-8-5-3-4-6-9-21/h21-27,30H,3-20H2,1-2H3. The first-order chi connectivity index (χ1) is 15.5. The lowest BCUT2D eigenvalue weighted by molar-refractivity contribution is -0.129. The van der Waals surface area contributed by atoms with Gasteiger partial charge in [0.2, 0.25) is 0 Å². The van der Waals surface area contributed by atoms with Gasteiger partial charge in [-0.1, -0.05) is 58.3 Å². The van der Waals surface area contributed by atoms with Crippen molar-refractivity contribution >= 4 is 5.78 Å². The number of aliphatic hydroxyl groups excluding tert-OH is 1. The molecule has 4 aliphatic carbocycles. The molecule has 0 saturated heterocycles. The number of ether oxygens (including phenoxy) is 1. The van der Waals surface area contributed by atoms with Crippen molar-refractivity contribution in [3.05, 3.63) is 0 Å². The van der Waals surface area contributed by atoms with Gasteiger partial charge in [0, 0.05) is 26.1 Å². The SMILES string of the molecule is COCC1CCC2C(CCCC(O)C1)CCC1(C)C(C(=O)CC3CCCCCC3)CCC21. The summed E-state index contributed by atoms with van der Waals surface area (Å²) in [5.41, 5.74) is 0.239. The van der Waals surface area contributed by atoms with E-state index in [0.717, 1.165) is 56.5 Å². The van der Waals surface area contributed by atoms with Gasteiger partial charge in [0.15, 0.2) is 0 Å². The van der Waals surface area contributed by atoms with Gasteiger partial charge in [0.05, 0.1) is 6.10 Å². The average molecular weight is 447 g/mol. The molecule has 3 nitrogen and oxygen atoms in total. The van der Waals surface area contributed by atoms with Crippen molar-refractivity contribution in [1.82, 2.24) is 0 Å². The van der Waals surface area contributed by atoms with Crippen molar-refractivity contribution in [2.24, 2.45) is 40.9 Å². The summed E-state index contributed by atoms with van der Waals surface area (Å²) in [6, 6.07) is 0. The predicted octanol–water partition coefficient (Wildman–Crippen LogP) is 6.95. The Bertz CT molecular complexity index is 595. The van der Waals surface area contributed by atoms with Crippen LogP contribution in [0.5, 0.6) is 0 Å². The van der Waals surface area contributed by atoms with E-state index in [2.05, 4.69) is 6.92 Å². The van der Waals surface area contributed by atoms with Crippen molar-refractivity contribution in [3.8, 4) is 0 Å². The highest BCUT2D eigenvalue weighted by Gasteiger charge is 2.55. The third kappa shape index (κ3) is 5.62. The monoisotopic (exact) mass is 446 g/mol. The minimum absolute atomic E-state index is 0.155. The number of carbonyl (C=O) groups is 1. The van der Waals surface area contributed by atoms with Crippen molar-refractivity contribution < 1.29 is 14.6 Å². The fraction of sp³-hybridized carbons (Fsp3) is 0.966. The normalized spacial score (nSPS) is 42.0. The molecule has 4 aliphatic rings. The first-order valence-electron chi connectivity index (χ1n) is 14.2. The topological polar surface area (TPSA) is 46.5 Å². The average Bonchev–Trinajstić information content (AvgIpc) is 2.92. The lowest BCUT2D eigenvalue weighted by atomic mass is 9.55. The summed E-state index contributed by atoms with van der Waals surface area (Å²) in [5, 5.41) is 10.5. The lowest BCUT2D eigenvalue weighted by Gasteiger charge is -2.49. The summed E-state index contributed by atoms with van der Waals surface area (Å²) in [5.74, 6) is 4.41. The Morgan fingerprint density at radius 3 is 2.41 bits per heavy atom. The Balaban J connectivity index is 1.44. The van der Waals surface area contributed by atoms with Gasteiger partial charge in [-0.15, -0.1) is 0 Å². The first-order valence-corrected chi connectivity index (χ1v) is 14.2. The van der Waals surface area contributed by atoms with Crippen LogP contribution >= 0.6 is 0 Å². The van der Waals surface area contributed by atoms with Crippen molar-refractivity contribution in [3.63, 3.8) is 0 Å². The van der Waals surface area contributed by atoms with E-state index < -0.39 is 0 Å². The number of rotatable bonds is 5. The van der Waals surface area contributed by atoms with Crippen LogP contribution in [0.25, 0.3) is 0 Å². The number of hydrogen-bond acceptors (Lipinski definition) is 3. The van der Waals surface area contributed by atoms with Gasteiger partial charge >= 0.3 is 0 Å². The quantitative estimate of drug-likeness (QED) is 0.465. The molecule has 0 amide bonds. The summed E-state index contributed by atoms with van der Waals surface area (Å²) in [4.78, 5) is 13.6. The second-order valence-electron chi connectivity index (χ2n) is 12.5. The van der Waals surface area contributed by atoms with Crippen molar-refractivity contribution in [2.75, 3.05) is 13.7 Å². The molecule has 0 aromatic heterocycles. The number of hydrogen-bond donors (Lipinski definition) is 1. The maximum atomic E-state index is 13.6. The van der Waals surface area contributed by atoms with E-state index in [1.807, 2.05) is 0 Å². The molecule has 3 heteroatoms. The summed E-state index contributed by atoms with van der Waals surface area (Å²) < 4.78 is 5.51. The molecular formula is C29H50O3. The molecule has 184 valence electrons. The number of carbonyl (C=O) groups excluding carboxylic acids is 1. The van der Waals surface area contributed by atoms with Gasteiger partial charge in [-0.25, -0.2) is 0 Å². The second-order valence-corrected chi connectivity index (χ2v) is 12.5. The molecule has 4 saturated carbocycles. The Kier molecular flexibility index (Phi) is 8.76. The fourth-order valence-electron chi connectivity index (χ4n) is 8.74. The molecule has 4 rings (SSSR count). The highest BCUT2D eigenvalue weighted by molar-refractivity contribution is 5.82. The van der Waals surface area contributed by atoms with Crippen LogP contribution in [-0.2, 0) is 9.53 Å². The van der Waals surface area contributed by atoms with Gasteiger partial charge in [0.25, 0.3) is 0 Å². The molecule has 7 unspecified atom stereocenters. The van der Waals surface area contributed by atoms with E-state index in [1.54, 1.807) is 7.11 Å². The van der Waals surface area contributed by atoms with Crippen LogP contribution in [0.4, 0.5) is 0 Å². The number of Topliss-reactive ketones (excluding diaryl/α,β-unsaturated/α-hetero) is 1. The Hall–Kier alpha value is -0.410. The molecule has 0 heterocycles. The van der Waals surface area contributed by atoms with E-state index in [9.17, 15) is 9.90 Å². The van der Waals surface area contributed by atoms with E-state index in [4.69, 9.17) is 4.74 Å².